The summed E-state index contributed by atoms with van der Waals surface area (Å²) in [5, 5.41) is 0.237. The average Bonchev–Trinajstić information content (AvgIpc) is 3.65. The number of benzene rings is 2. The molecule has 0 saturated carbocycles. The fourth-order valence-corrected chi connectivity index (χ4v) is 7.23. The second kappa shape index (κ2) is 14.7. The number of halogens is 2. The summed E-state index contributed by atoms with van der Waals surface area (Å²) in [6.07, 6.45) is -0.944. The molecule has 0 spiro atoms. The summed E-state index contributed by atoms with van der Waals surface area (Å²) in [5.41, 5.74) is -1.06. The first kappa shape index (κ1) is 36.2. The first-order valence-corrected chi connectivity index (χ1v) is 17.6. The molecule has 0 radical (unpaired) electrons. The fourth-order valence-electron chi connectivity index (χ4n) is 4.66. The minimum atomic E-state index is -4.37. The van der Waals surface area contributed by atoms with E-state index in [0.717, 1.165) is 22.7 Å². The smallest absolute Gasteiger partial charge is 0.326 e. The van der Waals surface area contributed by atoms with Crippen LogP contribution in [0.15, 0.2) is 24.3 Å². The number of fused-ring (bicyclic) bond motifs is 2. The predicted molar refractivity (Wildman–Crippen MR) is 173 cm³/mol. The van der Waals surface area contributed by atoms with Crippen LogP contribution in [0.4, 0.5) is 8.78 Å². The van der Waals surface area contributed by atoms with E-state index in [-0.39, 0.29) is 75.4 Å². The third kappa shape index (κ3) is 8.28. The molecular weight excluding hydrogens is 681 g/mol. The number of hydrogen-bond acceptors (Lipinski definition) is 11. The normalized spacial score (nSPS) is 11.9. The number of thiophene rings is 2. The quantitative estimate of drug-likeness (QED) is 0.0546. The van der Waals surface area contributed by atoms with Gasteiger partial charge in [-0.05, 0) is 26.0 Å². The second-order valence-corrected chi connectivity index (χ2v) is 15.0. The summed E-state index contributed by atoms with van der Waals surface area (Å²) in [6.45, 7) is 3.07. The maximum absolute atomic E-state index is 15.6. The van der Waals surface area contributed by atoms with Gasteiger partial charge < -0.3 is 33.5 Å². The van der Waals surface area contributed by atoms with Crippen LogP contribution in [0.2, 0.25) is 0 Å². The van der Waals surface area contributed by atoms with Crippen molar-refractivity contribution in [3.8, 4) is 23.0 Å². The van der Waals surface area contributed by atoms with Crippen LogP contribution in [-0.4, -0.2) is 68.0 Å². The lowest BCUT2D eigenvalue weighted by atomic mass is 9.87. The van der Waals surface area contributed by atoms with Crippen molar-refractivity contribution in [2.45, 2.75) is 33.1 Å². The number of esters is 1. The van der Waals surface area contributed by atoms with Gasteiger partial charge in [0.2, 0.25) is 0 Å². The zero-order valence-corrected chi connectivity index (χ0v) is 28.7. The van der Waals surface area contributed by atoms with Crippen LogP contribution >= 0.6 is 30.3 Å². The van der Waals surface area contributed by atoms with Gasteiger partial charge in [0, 0.05) is 51.6 Å². The lowest BCUT2D eigenvalue weighted by molar-refractivity contribution is -0.150. The molecule has 0 fully saturated rings. The van der Waals surface area contributed by atoms with E-state index in [1.165, 1.54) is 39.5 Å². The second-order valence-electron chi connectivity index (χ2n) is 11.1. The van der Waals surface area contributed by atoms with E-state index in [1.54, 1.807) is 19.9 Å². The van der Waals surface area contributed by atoms with Gasteiger partial charge in [-0.25, -0.2) is 8.78 Å². The first-order valence-electron chi connectivity index (χ1n) is 14.1. The third-order valence-corrected chi connectivity index (χ3v) is 10.2. The summed E-state index contributed by atoms with van der Waals surface area (Å²) in [4.78, 5) is 55.9. The molecule has 0 aliphatic heterocycles. The first-order chi connectivity index (χ1) is 22.1. The van der Waals surface area contributed by atoms with Gasteiger partial charge in [-0.3, -0.25) is 18.9 Å². The van der Waals surface area contributed by atoms with Crippen LogP contribution in [0.5, 0.6) is 23.0 Å². The van der Waals surface area contributed by atoms with Crippen molar-refractivity contribution < 1.29 is 61.2 Å². The van der Waals surface area contributed by atoms with E-state index >= 15 is 8.78 Å². The van der Waals surface area contributed by atoms with Crippen molar-refractivity contribution in [1.82, 2.24) is 0 Å². The van der Waals surface area contributed by atoms with Gasteiger partial charge in [-0.2, -0.15) is 0 Å². The maximum atomic E-state index is 15.6. The van der Waals surface area contributed by atoms with E-state index in [0.29, 0.717) is 9.40 Å². The highest BCUT2D eigenvalue weighted by molar-refractivity contribution is 7.51. The predicted octanol–water partition coefficient (Wildman–Crippen LogP) is 6.78. The molecule has 0 amide bonds. The van der Waals surface area contributed by atoms with Crippen LogP contribution in [-0.2, 0) is 14.1 Å². The molecule has 0 atom stereocenters. The molecule has 0 saturated heterocycles. The Morgan fingerprint density at radius 2 is 1.28 bits per heavy atom. The Kier molecular flexibility index (Phi) is 11.3. The van der Waals surface area contributed by atoms with Crippen LogP contribution < -0.4 is 18.9 Å². The molecule has 2 N–H and O–H groups in total. The van der Waals surface area contributed by atoms with Crippen molar-refractivity contribution in [2.24, 2.45) is 5.41 Å². The minimum Gasteiger partial charge on any atom is -0.493 e. The SMILES string of the molecule is COC(=O)C(C)(C)CC(=O)c1cc2c(F)c(OCCCOc3c(OC)cc4sc(C(=O)CCP(=O)(O)O)cc4c3F)c(OC)cc2s1. The van der Waals surface area contributed by atoms with Crippen molar-refractivity contribution in [3.05, 3.63) is 45.7 Å². The molecule has 4 aromatic rings. The van der Waals surface area contributed by atoms with Crippen LogP contribution in [0.1, 0.15) is 52.5 Å². The number of Topliss-reactive ketones (excluding diaryl/α,β-unsaturated/α-hetero) is 2. The third-order valence-electron chi connectivity index (χ3n) is 7.11. The Hall–Kier alpha value is -3.62. The molecule has 0 aliphatic rings. The number of methoxy groups -OCH3 is 3. The van der Waals surface area contributed by atoms with Crippen LogP contribution in [0.3, 0.4) is 0 Å². The molecule has 2 aromatic heterocycles. The summed E-state index contributed by atoms with van der Waals surface area (Å²) >= 11 is 2.03. The highest BCUT2D eigenvalue weighted by Gasteiger charge is 2.33. The molecule has 0 unspecified atom stereocenters. The summed E-state index contributed by atoms with van der Waals surface area (Å²) < 4.78 is 69.8. The van der Waals surface area contributed by atoms with Gasteiger partial charge >= 0.3 is 13.6 Å². The molecule has 4 rings (SSSR count). The molecule has 2 aromatic carbocycles. The largest absolute Gasteiger partial charge is 0.493 e. The molecule has 254 valence electrons. The van der Waals surface area contributed by atoms with Gasteiger partial charge in [-0.15, -0.1) is 22.7 Å². The number of ketones is 2. The van der Waals surface area contributed by atoms with E-state index in [1.807, 2.05) is 0 Å². The zero-order chi connectivity index (χ0) is 34.7. The summed E-state index contributed by atoms with van der Waals surface area (Å²) in [5.74, 6) is -3.12. The number of carbonyl (C=O) groups is 3. The highest BCUT2D eigenvalue weighted by atomic mass is 32.1. The molecule has 47 heavy (non-hydrogen) atoms. The summed E-state index contributed by atoms with van der Waals surface area (Å²) in [7, 11) is -0.452. The fraction of sp³-hybridized carbons (Fsp3) is 0.387. The average molecular weight is 715 g/mol. The van der Waals surface area contributed by atoms with Crippen molar-refractivity contribution in [1.29, 1.82) is 0 Å². The lowest BCUT2D eigenvalue weighted by Crippen LogP contribution is -2.28. The molecule has 16 heteroatoms. The van der Waals surface area contributed by atoms with Gasteiger partial charge in [0.1, 0.15) is 0 Å². The number of carbonyl (C=O) groups excluding carboxylic acids is 3. The Bertz CT molecular complexity index is 1880. The maximum Gasteiger partial charge on any atom is 0.326 e. The number of rotatable bonds is 16. The van der Waals surface area contributed by atoms with Crippen molar-refractivity contribution >= 4 is 68.0 Å². The van der Waals surface area contributed by atoms with E-state index in [9.17, 15) is 18.9 Å². The zero-order valence-electron chi connectivity index (χ0n) is 26.1. The van der Waals surface area contributed by atoms with Gasteiger partial charge in [-0.1, -0.05) is 0 Å². The molecule has 2 heterocycles. The Labute approximate surface area is 276 Å². The van der Waals surface area contributed by atoms with Crippen LogP contribution in [0, 0.1) is 17.0 Å². The van der Waals surface area contributed by atoms with Gasteiger partial charge in [0.05, 0.1) is 55.9 Å². The summed E-state index contributed by atoms with van der Waals surface area (Å²) in [6, 6.07) is 5.77. The Morgan fingerprint density at radius 1 is 0.809 bits per heavy atom. The monoisotopic (exact) mass is 714 g/mol. The topological polar surface area (TPSA) is 155 Å². The van der Waals surface area contributed by atoms with Gasteiger partial charge in [0.15, 0.2) is 46.2 Å². The van der Waals surface area contributed by atoms with E-state index in [2.05, 4.69) is 0 Å². The lowest BCUT2D eigenvalue weighted by Gasteiger charge is -2.19. The van der Waals surface area contributed by atoms with Gasteiger partial charge in [0.25, 0.3) is 0 Å². The van der Waals surface area contributed by atoms with E-state index in [4.69, 9.17) is 33.5 Å². The molecular formula is C31H33F2O11PS2. The molecule has 0 bridgehead atoms. The minimum absolute atomic E-state index is 0.0507. The highest BCUT2D eigenvalue weighted by Crippen LogP contribution is 2.43. The van der Waals surface area contributed by atoms with Crippen LogP contribution in [0.25, 0.3) is 20.2 Å². The van der Waals surface area contributed by atoms with E-state index < -0.39 is 49.0 Å². The van der Waals surface area contributed by atoms with Crippen molar-refractivity contribution in [2.75, 3.05) is 40.7 Å². The van der Waals surface area contributed by atoms with Crippen molar-refractivity contribution in [3.63, 3.8) is 0 Å². The Morgan fingerprint density at radius 3 is 1.70 bits per heavy atom. The number of ether oxygens (including phenoxy) is 5. The molecule has 0 aliphatic carbocycles. The standard InChI is InChI=1S/C31H33F2O11PS2/c1-31(2,30(36)42-5)15-19(35)25-12-17-23(47-25)14-21(41-4)29(27(17)33)44-9-6-8-43-28-20(40-3)13-22-16(26(28)32)11-24(46-22)18(34)7-10-45(37,38)39/h11-14H,6-10,15H2,1-5H3,(H2,37,38,39). The number of hydrogen-bond donors (Lipinski definition) is 2. The Balaban J connectivity index is 1.44. The molecule has 11 nitrogen and oxygen atoms in total.